The number of benzene rings is 7. The van der Waals surface area contributed by atoms with E-state index in [4.69, 9.17) is 0 Å². The van der Waals surface area contributed by atoms with Crippen LogP contribution in [0.1, 0.15) is 18.5 Å². The Balaban J connectivity index is 1.11. The van der Waals surface area contributed by atoms with Gasteiger partial charge in [-0.2, -0.15) is 0 Å². The maximum Gasteiger partial charge on any atom is 0.0591 e. The van der Waals surface area contributed by atoms with Crippen molar-refractivity contribution in [3.8, 4) is 27.9 Å². The largest absolute Gasteiger partial charge is 0.333 e. The van der Waals surface area contributed by atoms with Crippen LogP contribution in [0.5, 0.6) is 0 Å². The molecule has 0 N–H and O–H groups in total. The van der Waals surface area contributed by atoms with Gasteiger partial charge in [-0.15, -0.1) is 0 Å². The molecule has 10 rings (SSSR count). The number of rotatable bonds is 5. The van der Waals surface area contributed by atoms with Gasteiger partial charge in [0.25, 0.3) is 0 Å². The van der Waals surface area contributed by atoms with Crippen molar-refractivity contribution in [3.63, 3.8) is 0 Å². The van der Waals surface area contributed by atoms with E-state index in [1.54, 1.807) is 0 Å². The SMILES string of the molecule is CC1C=CC(c2ccccc2)=CC1n1c2ccccc2c2cc(-c3ccc4c(c3)c3ccccc3n4-c3cccc(-c4ccccc4)c3)ccc21. The highest BCUT2D eigenvalue weighted by Gasteiger charge is 2.24. The molecule has 0 saturated carbocycles. The van der Waals surface area contributed by atoms with E-state index in [0.29, 0.717) is 5.92 Å². The molecule has 2 nitrogen and oxygen atoms in total. The van der Waals surface area contributed by atoms with Gasteiger partial charge in [0.2, 0.25) is 0 Å². The van der Waals surface area contributed by atoms with E-state index < -0.39 is 0 Å². The van der Waals surface area contributed by atoms with Gasteiger partial charge in [0.1, 0.15) is 0 Å². The molecule has 0 radical (unpaired) electrons. The normalized spacial score (nSPS) is 16.0. The van der Waals surface area contributed by atoms with Crippen LogP contribution in [0.15, 0.2) is 188 Å². The van der Waals surface area contributed by atoms with Crippen LogP contribution in [0.4, 0.5) is 0 Å². The fourth-order valence-electron chi connectivity index (χ4n) is 8.28. The highest BCUT2D eigenvalue weighted by Crippen LogP contribution is 2.41. The van der Waals surface area contributed by atoms with Crippen LogP contribution >= 0.6 is 0 Å². The molecule has 0 spiro atoms. The Morgan fingerprint density at radius 2 is 0.941 bits per heavy atom. The third-order valence-electron chi connectivity index (χ3n) is 10.8. The maximum atomic E-state index is 2.56. The second-order valence-corrected chi connectivity index (χ2v) is 13.8. The average Bonchev–Trinajstić information content (AvgIpc) is 3.71. The molecule has 9 aromatic rings. The molecule has 2 aromatic heterocycles. The first-order valence-corrected chi connectivity index (χ1v) is 17.9. The van der Waals surface area contributed by atoms with Crippen LogP contribution in [-0.2, 0) is 0 Å². The van der Waals surface area contributed by atoms with Gasteiger partial charge >= 0.3 is 0 Å². The van der Waals surface area contributed by atoms with E-state index in [2.05, 4.69) is 204 Å². The second kappa shape index (κ2) is 11.9. The lowest BCUT2D eigenvalue weighted by molar-refractivity contribution is 0.512. The van der Waals surface area contributed by atoms with E-state index in [1.165, 1.54) is 82.7 Å². The Morgan fingerprint density at radius 3 is 1.69 bits per heavy atom. The summed E-state index contributed by atoms with van der Waals surface area (Å²) in [5.41, 5.74) is 13.6. The third kappa shape index (κ3) is 4.87. The molecule has 2 heteroatoms. The summed E-state index contributed by atoms with van der Waals surface area (Å²) in [7, 11) is 0. The zero-order valence-electron chi connectivity index (χ0n) is 28.4. The number of hydrogen-bond donors (Lipinski definition) is 0. The highest BCUT2D eigenvalue weighted by molar-refractivity contribution is 6.12. The van der Waals surface area contributed by atoms with E-state index in [9.17, 15) is 0 Å². The minimum atomic E-state index is 0.210. The summed E-state index contributed by atoms with van der Waals surface area (Å²) < 4.78 is 4.97. The smallest absolute Gasteiger partial charge is 0.0591 e. The number of aromatic nitrogens is 2. The van der Waals surface area contributed by atoms with Crippen LogP contribution in [0.3, 0.4) is 0 Å². The van der Waals surface area contributed by atoms with Crippen molar-refractivity contribution in [1.29, 1.82) is 0 Å². The molecule has 2 atom stereocenters. The molecule has 0 amide bonds. The van der Waals surface area contributed by atoms with Crippen molar-refractivity contribution >= 4 is 49.2 Å². The predicted molar refractivity (Wildman–Crippen MR) is 216 cm³/mol. The first kappa shape index (κ1) is 29.5. The zero-order chi connectivity index (χ0) is 33.9. The minimum Gasteiger partial charge on any atom is -0.333 e. The standard InChI is InChI=1S/C49H36N2/c1-33-23-24-39(35-15-6-3-7-16-35)32-49(33)51-46-22-11-9-20-42(46)44-31-38(26-28-48(44)51)37-25-27-47-43(30-37)41-19-8-10-21-45(41)50(47)40-18-12-17-36(29-40)34-13-4-2-5-14-34/h2-33,49H,1H3. The molecule has 0 saturated heterocycles. The Morgan fingerprint density at radius 1 is 0.412 bits per heavy atom. The Labute approximate surface area is 297 Å². The Bertz CT molecular complexity index is 2810. The Hall–Kier alpha value is -6.38. The lowest BCUT2D eigenvalue weighted by Gasteiger charge is -2.27. The first-order chi connectivity index (χ1) is 25.2. The molecule has 1 aliphatic carbocycles. The van der Waals surface area contributed by atoms with Crippen LogP contribution in [0.2, 0.25) is 0 Å². The summed E-state index contributed by atoms with van der Waals surface area (Å²) in [5.74, 6) is 0.365. The van der Waals surface area contributed by atoms with Crippen molar-refractivity contribution in [3.05, 3.63) is 194 Å². The molecule has 2 unspecified atom stereocenters. The van der Waals surface area contributed by atoms with E-state index in [1.807, 2.05) is 0 Å². The molecule has 1 aliphatic rings. The van der Waals surface area contributed by atoms with Crippen LogP contribution < -0.4 is 0 Å². The summed E-state index contributed by atoms with van der Waals surface area (Å²) in [5, 5.41) is 5.11. The van der Waals surface area contributed by atoms with Gasteiger partial charge in [-0.1, -0.05) is 146 Å². The number of allylic oxidation sites excluding steroid dienone is 4. The van der Waals surface area contributed by atoms with Gasteiger partial charge < -0.3 is 9.13 Å². The fourth-order valence-corrected chi connectivity index (χ4v) is 8.28. The molecular formula is C49H36N2. The van der Waals surface area contributed by atoms with Crippen LogP contribution in [-0.4, -0.2) is 9.13 Å². The number of nitrogens with zero attached hydrogens (tertiary/aromatic N) is 2. The molecule has 7 aromatic carbocycles. The average molecular weight is 653 g/mol. The van der Waals surface area contributed by atoms with Gasteiger partial charge in [0, 0.05) is 38.3 Å². The van der Waals surface area contributed by atoms with Gasteiger partial charge in [0.05, 0.1) is 17.1 Å². The summed E-state index contributed by atoms with van der Waals surface area (Å²) >= 11 is 0. The molecule has 2 heterocycles. The third-order valence-corrected chi connectivity index (χ3v) is 10.8. The molecule has 0 bridgehead atoms. The maximum absolute atomic E-state index is 2.56. The molecule has 51 heavy (non-hydrogen) atoms. The van der Waals surface area contributed by atoms with Crippen LogP contribution in [0.25, 0.3) is 77.1 Å². The summed E-state index contributed by atoms with van der Waals surface area (Å²) in [6.07, 6.45) is 7.11. The van der Waals surface area contributed by atoms with E-state index >= 15 is 0 Å². The lowest BCUT2D eigenvalue weighted by Crippen LogP contribution is -2.16. The molecule has 0 aliphatic heterocycles. The van der Waals surface area contributed by atoms with Gasteiger partial charge in [-0.3, -0.25) is 0 Å². The number of fused-ring (bicyclic) bond motifs is 6. The monoisotopic (exact) mass is 652 g/mol. The molecule has 242 valence electrons. The minimum absolute atomic E-state index is 0.210. The van der Waals surface area contributed by atoms with Gasteiger partial charge in [-0.25, -0.2) is 0 Å². The van der Waals surface area contributed by atoms with Crippen LogP contribution in [0, 0.1) is 5.92 Å². The number of hydrogen-bond acceptors (Lipinski definition) is 0. The Kier molecular flexibility index (Phi) is 6.89. The zero-order valence-corrected chi connectivity index (χ0v) is 28.4. The first-order valence-electron chi connectivity index (χ1n) is 17.9. The van der Waals surface area contributed by atoms with Gasteiger partial charge in [-0.05, 0) is 87.8 Å². The molecule has 0 fully saturated rings. The van der Waals surface area contributed by atoms with Crippen molar-refractivity contribution < 1.29 is 0 Å². The van der Waals surface area contributed by atoms with Gasteiger partial charge in [0.15, 0.2) is 0 Å². The quantitative estimate of drug-likeness (QED) is 0.175. The second-order valence-electron chi connectivity index (χ2n) is 13.8. The topological polar surface area (TPSA) is 9.86 Å². The van der Waals surface area contributed by atoms with E-state index in [0.717, 1.165) is 0 Å². The molecular weight excluding hydrogens is 617 g/mol. The van der Waals surface area contributed by atoms with Crippen molar-refractivity contribution in [1.82, 2.24) is 9.13 Å². The highest BCUT2D eigenvalue weighted by atomic mass is 15.0. The fraction of sp³-hybridized carbons (Fsp3) is 0.0612. The van der Waals surface area contributed by atoms with E-state index in [-0.39, 0.29) is 6.04 Å². The lowest BCUT2D eigenvalue weighted by atomic mass is 9.89. The summed E-state index contributed by atoms with van der Waals surface area (Å²) in [4.78, 5) is 0. The van der Waals surface area contributed by atoms with Crippen molar-refractivity contribution in [2.75, 3.05) is 0 Å². The number of para-hydroxylation sites is 2. The predicted octanol–water partition coefficient (Wildman–Crippen LogP) is 13.1. The summed E-state index contributed by atoms with van der Waals surface area (Å²) in [6.45, 7) is 2.33. The van der Waals surface area contributed by atoms with Crippen molar-refractivity contribution in [2.45, 2.75) is 13.0 Å². The summed E-state index contributed by atoms with van der Waals surface area (Å²) in [6, 6.07) is 62.2. The van der Waals surface area contributed by atoms with Crippen molar-refractivity contribution in [2.24, 2.45) is 5.92 Å².